The van der Waals surface area contributed by atoms with Crippen molar-refractivity contribution in [2.24, 2.45) is 0 Å². The normalized spacial score (nSPS) is 14.1. The predicted molar refractivity (Wildman–Crippen MR) is 103 cm³/mol. The third kappa shape index (κ3) is 3.97. The van der Waals surface area contributed by atoms with Gasteiger partial charge in [0.15, 0.2) is 0 Å². The average molecular weight is 335 g/mol. The summed E-state index contributed by atoms with van der Waals surface area (Å²) in [6.07, 6.45) is 5.35. The number of amides is 1. The van der Waals surface area contributed by atoms with Gasteiger partial charge in [0.2, 0.25) is 5.91 Å². The van der Waals surface area contributed by atoms with E-state index in [1.54, 1.807) is 0 Å². The minimum absolute atomic E-state index is 0.0111. The van der Waals surface area contributed by atoms with E-state index < -0.39 is 0 Å². The second-order valence-electron chi connectivity index (χ2n) is 6.62. The first-order valence-electron chi connectivity index (χ1n) is 8.77. The Kier molecular flexibility index (Phi) is 5.29. The van der Waals surface area contributed by atoms with Gasteiger partial charge in [0.25, 0.3) is 0 Å². The number of nitrogens with one attached hydrogen (secondary N) is 2. The molecule has 25 heavy (non-hydrogen) atoms. The highest BCUT2D eigenvalue weighted by molar-refractivity contribution is 5.94. The van der Waals surface area contributed by atoms with Crippen LogP contribution in [0.25, 0.3) is 5.57 Å². The van der Waals surface area contributed by atoms with E-state index in [-0.39, 0.29) is 5.91 Å². The molecule has 1 aliphatic heterocycles. The Bertz CT molecular complexity index is 804. The van der Waals surface area contributed by atoms with Crippen LogP contribution in [0, 0.1) is 20.8 Å². The fourth-order valence-electron chi connectivity index (χ4n) is 3.30. The van der Waals surface area contributed by atoms with Gasteiger partial charge in [-0.1, -0.05) is 24.3 Å². The number of aromatic nitrogens is 1. The van der Waals surface area contributed by atoms with Gasteiger partial charge < -0.3 is 10.6 Å². The summed E-state index contributed by atoms with van der Waals surface area (Å²) in [6, 6.07) is 7.99. The maximum absolute atomic E-state index is 12.6. The van der Waals surface area contributed by atoms with Crippen molar-refractivity contribution in [2.45, 2.75) is 33.6 Å². The number of anilines is 1. The molecule has 1 amide bonds. The maximum Gasteiger partial charge on any atom is 0.228 e. The van der Waals surface area contributed by atoms with E-state index in [1.165, 1.54) is 5.57 Å². The summed E-state index contributed by atoms with van der Waals surface area (Å²) >= 11 is 0. The third-order valence-corrected chi connectivity index (χ3v) is 4.78. The summed E-state index contributed by atoms with van der Waals surface area (Å²) in [5.41, 5.74) is 7.52. The van der Waals surface area contributed by atoms with Gasteiger partial charge in [0.05, 0.1) is 12.1 Å². The number of benzene rings is 1. The van der Waals surface area contributed by atoms with E-state index in [9.17, 15) is 4.79 Å². The lowest BCUT2D eigenvalue weighted by atomic mass is 9.97. The van der Waals surface area contributed by atoms with Gasteiger partial charge in [-0.05, 0) is 67.6 Å². The monoisotopic (exact) mass is 335 g/mol. The Morgan fingerprint density at radius 1 is 1.20 bits per heavy atom. The highest BCUT2D eigenvalue weighted by Gasteiger charge is 2.15. The first kappa shape index (κ1) is 17.4. The van der Waals surface area contributed by atoms with E-state index in [0.717, 1.165) is 53.1 Å². The fourth-order valence-corrected chi connectivity index (χ4v) is 3.30. The van der Waals surface area contributed by atoms with Crippen LogP contribution in [0.4, 0.5) is 5.69 Å². The lowest BCUT2D eigenvalue weighted by molar-refractivity contribution is -0.115. The molecule has 0 bridgehead atoms. The minimum Gasteiger partial charge on any atom is -0.325 e. The number of hydrogen-bond donors (Lipinski definition) is 2. The van der Waals surface area contributed by atoms with E-state index in [0.29, 0.717) is 6.42 Å². The molecule has 4 heteroatoms. The van der Waals surface area contributed by atoms with Crippen LogP contribution in [0.2, 0.25) is 0 Å². The van der Waals surface area contributed by atoms with Gasteiger partial charge in [-0.25, -0.2) is 0 Å². The molecule has 0 radical (unpaired) electrons. The molecule has 0 spiro atoms. The van der Waals surface area contributed by atoms with Crippen molar-refractivity contribution in [1.29, 1.82) is 0 Å². The number of aryl methyl sites for hydroxylation is 2. The van der Waals surface area contributed by atoms with Crippen LogP contribution in [0.5, 0.6) is 0 Å². The van der Waals surface area contributed by atoms with Gasteiger partial charge in [-0.15, -0.1) is 0 Å². The molecule has 1 aliphatic rings. The number of nitrogens with zero attached hydrogens (tertiary/aromatic N) is 1. The van der Waals surface area contributed by atoms with Crippen LogP contribution >= 0.6 is 0 Å². The molecule has 0 fully saturated rings. The van der Waals surface area contributed by atoms with E-state index >= 15 is 0 Å². The molecule has 3 rings (SSSR count). The van der Waals surface area contributed by atoms with Gasteiger partial charge in [0.1, 0.15) is 0 Å². The largest absolute Gasteiger partial charge is 0.325 e. The predicted octanol–water partition coefficient (Wildman–Crippen LogP) is 3.56. The van der Waals surface area contributed by atoms with Crippen LogP contribution in [-0.4, -0.2) is 24.0 Å². The third-order valence-electron chi connectivity index (χ3n) is 4.78. The van der Waals surface area contributed by atoms with Crippen molar-refractivity contribution in [1.82, 2.24) is 10.3 Å². The molecule has 130 valence electrons. The topological polar surface area (TPSA) is 54.0 Å². The van der Waals surface area contributed by atoms with E-state index in [1.807, 2.05) is 44.3 Å². The first-order valence-corrected chi connectivity index (χ1v) is 8.77. The summed E-state index contributed by atoms with van der Waals surface area (Å²) in [4.78, 5) is 17.1. The average Bonchev–Trinajstić information content (AvgIpc) is 2.61. The highest BCUT2D eigenvalue weighted by Crippen LogP contribution is 2.24. The molecule has 2 N–H and O–H groups in total. The van der Waals surface area contributed by atoms with E-state index in [4.69, 9.17) is 0 Å². The van der Waals surface area contributed by atoms with Crippen molar-refractivity contribution < 1.29 is 4.79 Å². The lowest BCUT2D eigenvalue weighted by Gasteiger charge is -2.17. The molecule has 2 aromatic rings. The molecule has 0 unspecified atom stereocenters. The smallest absolute Gasteiger partial charge is 0.228 e. The zero-order valence-corrected chi connectivity index (χ0v) is 15.1. The number of rotatable bonds is 4. The standard InChI is InChI=1S/C21H25N3O/c1-14-5-4-6-15(2)20(14)24-19(25)13-18-9-12-23-21(16(18)3)17-7-10-22-11-8-17/h4-7,9,12,22H,8,10-11,13H2,1-3H3,(H,24,25). The molecule has 0 saturated carbocycles. The Balaban J connectivity index is 1.79. The van der Waals surface area contributed by atoms with E-state index in [2.05, 4.69) is 28.6 Å². The number of hydrogen-bond acceptors (Lipinski definition) is 3. The lowest BCUT2D eigenvalue weighted by Crippen LogP contribution is -2.21. The van der Waals surface area contributed by atoms with Crippen LogP contribution in [0.3, 0.4) is 0 Å². The molecular weight excluding hydrogens is 310 g/mol. The number of carbonyl (C=O) groups is 1. The Labute approximate surface area is 149 Å². The molecular formula is C21H25N3O. The summed E-state index contributed by atoms with van der Waals surface area (Å²) in [5.74, 6) is 0.0111. The number of para-hydroxylation sites is 1. The fraction of sp³-hybridized carbons (Fsp3) is 0.333. The molecule has 2 heterocycles. The zero-order valence-electron chi connectivity index (χ0n) is 15.1. The van der Waals surface area contributed by atoms with Crippen LogP contribution in [0.1, 0.15) is 34.4 Å². The molecule has 0 aliphatic carbocycles. The van der Waals surface area contributed by atoms with Gasteiger partial charge >= 0.3 is 0 Å². The van der Waals surface area contributed by atoms with Crippen molar-refractivity contribution in [3.63, 3.8) is 0 Å². The molecule has 1 aromatic carbocycles. The highest BCUT2D eigenvalue weighted by atomic mass is 16.1. The Morgan fingerprint density at radius 3 is 2.64 bits per heavy atom. The van der Waals surface area contributed by atoms with Crippen molar-refractivity contribution in [2.75, 3.05) is 18.4 Å². The van der Waals surface area contributed by atoms with Crippen molar-refractivity contribution >= 4 is 17.2 Å². The quantitative estimate of drug-likeness (QED) is 0.898. The summed E-state index contributed by atoms with van der Waals surface area (Å²) in [6.45, 7) is 7.95. The summed E-state index contributed by atoms with van der Waals surface area (Å²) < 4.78 is 0. The minimum atomic E-state index is 0.0111. The first-order chi connectivity index (χ1) is 12.1. The van der Waals surface area contributed by atoms with Crippen LogP contribution < -0.4 is 10.6 Å². The molecule has 1 aromatic heterocycles. The van der Waals surface area contributed by atoms with Gasteiger partial charge in [-0.3, -0.25) is 9.78 Å². The second kappa shape index (κ2) is 7.62. The number of pyridine rings is 1. The van der Waals surface area contributed by atoms with Crippen molar-refractivity contribution in [3.8, 4) is 0 Å². The van der Waals surface area contributed by atoms with Crippen LogP contribution in [0.15, 0.2) is 36.5 Å². The zero-order chi connectivity index (χ0) is 17.8. The maximum atomic E-state index is 12.6. The second-order valence-corrected chi connectivity index (χ2v) is 6.62. The summed E-state index contributed by atoms with van der Waals surface area (Å²) in [5, 5.41) is 6.39. The summed E-state index contributed by atoms with van der Waals surface area (Å²) in [7, 11) is 0. The Morgan fingerprint density at radius 2 is 1.96 bits per heavy atom. The van der Waals surface area contributed by atoms with Gasteiger partial charge in [-0.2, -0.15) is 0 Å². The van der Waals surface area contributed by atoms with Gasteiger partial charge in [0, 0.05) is 18.4 Å². The number of carbonyl (C=O) groups excluding carboxylic acids is 1. The molecule has 0 atom stereocenters. The van der Waals surface area contributed by atoms with Crippen LogP contribution in [-0.2, 0) is 11.2 Å². The molecule has 4 nitrogen and oxygen atoms in total. The Hall–Kier alpha value is -2.46. The van der Waals surface area contributed by atoms with Crippen molar-refractivity contribution in [3.05, 3.63) is 64.5 Å². The molecule has 0 saturated heterocycles. The SMILES string of the molecule is Cc1cccc(C)c1NC(=O)Cc1ccnc(C2=CCNCC2)c1C.